The van der Waals surface area contributed by atoms with Gasteiger partial charge < -0.3 is 10.1 Å². The van der Waals surface area contributed by atoms with Crippen molar-refractivity contribution in [2.45, 2.75) is 6.92 Å². The molecular weight excluding hydrogens is 336 g/mol. The number of nitrogens with one attached hydrogen (secondary N) is 1. The number of methoxy groups -OCH3 is 1. The van der Waals surface area contributed by atoms with Crippen LogP contribution in [-0.4, -0.2) is 19.6 Å². The Kier molecular flexibility index (Phi) is 5.40. The minimum Gasteiger partial charge on any atom is -0.466 e. The quantitative estimate of drug-likeness (QED) is 0.516. The number of rotatable bonds is 4. The van der Waals surface area contributed by atoms with E-state index in [1.807, 2.05) is 22.6 Å². The molecule has 17 heavy (non-hydrogen) atoms. The van der Waals surface area contributed by atoms with Crippen molar-refractivity contribution in [2.24, 2.45) is 0 Å². The van der Waals surface area contributed by atoms with Crippen molar-refractivity contribution in [1.82, 2.24) is 0 Å². The van der Waals surface area contributed by atoms with Gasteiger partial charge in [-0.15, -0.1) is 0 Å². The molecule has 0 saturated carbocycles. The molecule has 0 aliphatic rings. The van der Waals surface area contributed by atoms with E-state index >= 15 is 0 Å². The molecule has 0 amide bonds. The SMILES string of the molecule is COC(=O)/C(C)=C/CNc1ccc(F)cc1I. The Hall–Kier alpha value is -1.11. The second-order valence-corrected chi connectivity index (χ2v) is 4.55. The molecule has 0 saturated heterocycles. The fourth-order valence-electron chi connectivity index (χ4n) is 1.19. The number of carbonyl (C=O) groups excluding carboxylic acids is 1. The minimum atomic E-state index is -0.347. The number of carbonyl (C=O) groups is 1. The van der Waals surface area contributed by atoms with Gasteiger partial charge in [-0.3, -0.25) is 0 Å². The third-order valence-electron chi connectivity index (χ3n) is 2.14. The largest absolute Gasteiger partial charge is 0.466 e. The number of hydrogen-bond donors (Lipinski definition) is 1. The van der Waals surface area contributed by atoms with Crippen molar-refractivity contribution in [3.8, 4) is 0 Å². The van der Waals surface area contributed by atoms with E-state index in [-0.39, 0.29) is 11.8 Å². The molecule has 1 N–H and O–H groups in total. The second-order valence-electron chi connectivity index (χ2n) is 3.38. The summed E-state index contributed by atoms with van der Waals surface area (Å²) < 4.78 is 18.2. The molecule has 1 rings (SSSR count). The maximum absolute atomic E-state index is 12.8. The summed E-state index contributed by atoms with van der Waals surface area (Å²) in [6.45, 7) is 2.17. The highest BCUT2D eigenvalue weighted by molar-refractivity contribution is 14.1. The zero-order valence-corrected chi connectivity index (χ0v) is 11.7. The molecule has 5 heteroatoms. The molecule has 0 heterocycles. The molecule has 0 radical (unpaired) electrons. The summed E-state index contributed by atoms with van der Waals surface area (Å²) in [5.41, 5.74) is 1.37. The van der Waals surface area contributed by atoms with E-state index in [2.05, 4.69) is 10.1 Å². The zero-order chi connectivity index (χ0) is 12.8. The molecule has 0 unspecified atom stereocenters. The second kappa shape index (κ2) is 6.58. The van der Waals surface area contributed by atoms with Crippen LogP contribution in [-0.2, 0) is 9.53 Å². The van der Waals surface area contributed by atoms with Gasteiger partial charge in [-0.05, 0) is 47.7 Å². The molecule has 0 fully saturated rings. The average Bonchev–Trinajstić information content (AvgIpc) is 2.30. The number of ether oxygens (including phenoxy) is 1. The highest BCUT2D eigenvalue weighted by Crippen LogP contribution is 2.18. The number of benzene rings is 1. The molecule has 1 aromatic carbocycles. The van der Waals surface area contributed by atoms with Crippen molar-refractivity contribution in [2.75, 3.05) is 19.0 Å². The monoisotopic (exact) mass is 349 g/mol. The summed E-state index contributed by atoms with van der Waals surface area (Å²) in [6, 6.07) is 4.50. The molecule has 1 aromatic rings. The van der Waals surface area contributed by atoms with Gasteiger partial charge in [0.05, 0.1) is 7.11 Å². The molecule has 0 aromatic heterocycles. The Morgan fingerprint density at radius 2 is 2.29 bits per heavy atom. The number of anilines is 1. The van der Waals surface area contributed by atoms with Gasteiger partial charge in [-0.1, -0.05) is 6.08 Å². The number of hydrogen-bond acceptors (Lipinski definition) is 3. The fraction of sp³-hybridized carbons (Fsp3) is 0.250. The minimum absolute atomic E-state index is 0.263. The molecule has 0 spiro atoms. The predicted molar refractivity (Wildman–Crippen MR) is 73.4 cm³/mol. The van der Waals surface area contributed by atoms with E-state index in [1.165, 1.54) is 19.2 Å². The highest BCUT2D eigenvalue weighted by Gasteiger charge is 2.03. The normalized spacial score (nSPS) is 11.2. The van der Waals surface area contributed by atoms with Crippen LogP contribution in [0, 0.1) is 9.39 Å². The average molecular weight is 349 g/mol. The summed E-state index contributed by atoms with van der Waals surface area (Å²) in [5.74, 6) is -0.609. The van der Waals surface area contributed by atoms with Crippen LogP contribution < -0.4 is 5.32 Å². The van der Waals surface area contributed by atoms with Crippen molar-refractivity contribution < 1.29 is 13.9 Å². The Labute approximate surface area is 113 Å². The molecule has 0 aliphatic carbocycles. The maximum Gasteiger partial charge on any atom is 0.333 e. The van der Waals surface area contributed by atoms with Crippen LogP contribution in [0.1, 0.15) is 6.92 Å². The molecule has 0 aliphatic heterocycles. The Morgan fingerprint density at radius 3 is 2.88 bits per heavy atom. The summed E-state index contributed by atoms with van der Waals surface area (Å²) >= 11 is 2.05. The third-order valence-corrected chi connectivity index (χ3v) is 3.03. The van der Waals surface area contributed by atoms with E-state index < -0.39 is 0 Å². The van der Waals surface area contributed by atoms with Crippen LogP contribution in [0.4, 0.5) is 10.1 Å². The number of halogens is 2. The highest BCUT2D eigenvalue weighted by atomic mass is 127. The van der Waals surface area contributed by atoms with Gasteiger partial charge in [0.15, 0.2) is 0 Å². The first-order valence-corrected chi connectivity index (χ1v) is 6.06. The molecular formula is C12H13FINO2. The van der Waals surface area contributed by atoms with Gasteiger partial charge in [0.1, 0.15) is 5.82 Å². The van der Waals surface area contributed by atoms with Gasteiger partial charge in [0, 0.05) is 21.4 Å². The van der Waals surface area contributed by atoms with Crippen LogP contribution in [0.3, 0.4) is 0 Å². The lowest BCUT2D eigenvalue weighted by Crippen LogP contribution is -2.06. The van der Waals surface area contributed by atoms with Crippen LogP contribution in [0.5, 0.6) is 0 Å². The first-order chi connectivity index (χ1) is 8.04. The number of esters is 1. The van der Waals surface area contributed by atoms with Crippen LogP contribution in [0.25, 0.3) is 0 Å². The molecule has 3 nitrogen and oxygen atoms in total. The lowest BCUT2D eigenvalue weighted by Gasteiger charge is -2.06. The van der Waals surface area contributed by atoms with Gasteiger partial charge in [-0.25, -0.2) is 9.18 Å². The Balaban J connectivity index is 2.59. The van der Waals surface area contributed by atoms with Gasteiger partial charge >= 0.3 is 5.97 Å². The maximum atomic E-state index is 12.8. The van der Waals surface area contributed by atoms with Crippen LogP contribution in [0.15, 0.2) is 29.8 Å². The van der Waals surface area contributed by atoms with E-state index in [0.29, 0.717) is 12.1 Å². The predicted octanol–water partition coefficient (Wildman–Crippen LogP) is 2.96. The first kappa shape index (κ1) is 14.0. The zero-order valence-electron chi connectivity index (χ0n) is 9.59. The Morgan fingerprint density at radius 1 is 1.59 bits per heavy atom. The molecule has 0 bridgehead atoms. The van der Waals surface area contributed by atoms with Crippen LogP contribution >= 0.6 is 22.6 Å². The van der Waals surface area contributed by atoms with E-state index in [9.17, 15) is 9.18 Å². The van der Waals surface area contributed by atoms with Gasteiger partial charge in [0.25, 0.3) is 0 Å². The van der Waals surface area contributed by atoms with E-state index in [0.717, 1.165) is 9.26 Å². The molecule has 92 valence electrons. The summed E-state index contributed by atoms with van der Waals surface area (Å²) in [5, 5.41) is 3.09. The van der Waals surface area contributed by atoms with Gasteiger partial charge in [0.2, 0.25) is 0 Å². The lowest BCUT2D eigenvalue weighted by atomic mass is 10.2. The Bertz CT molecular complexity index is 446. The summed E-state index contributed by atoms with van der Waals surface area (Å²) in [7, 11) is 1.34. The lowest BCUT2D eigenvalue weighted by molar-refractivity contribution is -0.136. The first-order valence-electron chi connectivity index (χ1n) is 4.98. The topological polar surface area (TPSA) is 38.3 Å². The van der Waals surface area contributed by atoms with Crippen molar-refractivity contribution in [3.05, 3.63) is 39.2 Å². The molecule has 0 atom stereocenters. The fourth-order valence-corrected chi connectivity index (χ4v) is 1.86. The van der Waals surface area contributed by atoms with E-state index in [1.54, 1.807) is 19.1 Å². The summed E-state index contributed by atoms with van der Waals surface area (Å²) in [6.07, 6.45) is 1.73. The standard InChI is InChI=1S/C12H13FINO2/c1-8(12(16)17-2)5-6-15-11-4-3-9(13)7-10(11)14/h3-5,7,15H,6H2,1-2H3/b8-5+. The smallest absolute Gasteiger partial charge is 0.333 e. The van der Waals surface area contributed by atoms with Crippen molar-refractivity contribution >= 4 is 34.2 Å². The van der Waals surface area contributed by atoms with Crippen molar-refractivity contribution in [1.29, 1.82) is 0 Å². The summed E-state index contributed by atoms with van der Waals surface area (Å²) in [4.78, 5) is 11.1. The van der Waals surface area contributed by atoms with E-state index in [4.69, 9.17) is 0 Å². The van der Waals surface area contributed by atoms with Crippen molar-refractivity contribution in [3.63, 3.8) is 0 Å². The third kappa shape index (κ3) is 4.33. The van der Waals surface area contributed by atoms with Gasteiger partial charge in [-0.2, -0.15) is 0 Å². The van der Waals surface area contributed by atoms with Crippen LogP contribution in [0.2, 0.25) is 0 Å².